The van der Waals surface area contributed by atoms with Gasteiger partial charge < -0.3 is 60.0 Å². The van der Waals surface area contributed by atoms with Crippen LogP contribution in [-0.4, -0.2) is 229 Å². The van der Waals surface area contributed by atoms with Gasteiger partial charge in [-0.25, -0.2) is 0 Å². The Morgan fingerprint density at radius 2 is 0.819 bits per heavy atom. The molecule has 1 unspecified atom stereocenters. The number of carbonyl (C=O) groups excluding carboxylic acids is 11. The lowest BCUT2D eigenvalue weighted by Gasteiger charge is -2.46. The van der Waals surface area contributed by atoms with Crippen LogP contribution in [0.4, 0.5) is 0 Å². The number of hydrogen-bond acceptors (Lipinski definition) is 12. The smallest absolute Gasteiger partial charge is 0.246 e. The van der Waals surface area contributed by atoms with E-state index in [0.29, 0.717) is 6.42 Å². The van der Waals surface area contributed by atoms with Gasteiger partial charge in [0.2, 0.25) is 65.0 Å². The minimum Gasteiger partial charge on any atom is -0.411 e. The van der Waals surface area contributed by atoms with E-state index in [4.69, 9.17) is 4.43 Å². The predicted octanol–water partition coefficient (Wildman–Crippen LogP) is 7.08. The fourth-order valence-corrected chi connectivity index (χ4v) is 13.3. The molecule has 11 amide bonds. The van der Waals surface area contributed by atoms with Crippen LogP contribution >= 0.6 is 0 Å². The number of amides is 11. The van der Waals surface area contributed by atoms with Gasteiger partial charge in [0.15, 0.2) is 8.32 Å². The van der Waals surface area contributed by atoms with E-state index in [9.17, 15) is 24.0 Å². The number of hydrogen-bond donors (Lipinski definition) is 4. The van der Waals surface area contributed by atoms with Crippen molar-refractivity contribution < 1.29 is 57.2 Å². The van der Waals surface area contributed by atoms with Crippen molar-refractivity contribution in [2.75, 3.05) is 49.3 Å². The van der Waals surface area contributed by atoms with Crippen molar-refractivity contribution >= 4 is 73.3 Å². The van der Waals surface area contributed by atoms with Gasteiger partial charge in [-0.3, -0.25) is 52.7 Å². The molecule has 0 aliphatic carbocycles. The Morgan fingerprint density at radius 1 is 0.436 bits per heavy atom. The van der Waals surface area contributed by atoms with Gasteiger partial charge in [0.05, 0.1) is 6.10 Å². The maximum atomic E-state index is 15.8. The Bertz CT molecular complexity index is 2600. The molecular weight excluding hydrogens is 1210 g/mol. The summed E-state index contributed by atoms with van der Waals surface area (Å²) >= 11 is 0. The molecule has 1 saturated heterocycles. The van der Waals surface area contributed by atoms with E-state index in [-0.39, 0.29) is 67.2 Å². The molecule has 0 spiro atoms. The zero-order valence-electron chi connectivity index (χ0n) is 63.6. The Morgan fingerprint density at radius 3 is 1.23 bits per heavy atom. The molecule has 1 heterocycles. The third-order valence-corrected chi connectivity index (χ3v) is 23.4. The molecule has 540 valence electrons. The van der Waals surface area contributed by atoms with Crippen LogP contribution in [0.25, 0.3) is 0 Å². The highest BCUT2D eigenvalue weighted by molar-refractivity contribution is 6.74. The summed E-state index contributed by atoms with van der Waals surface area (Å²) in [6, 6.07) is -13.2. The third-order valence-electron chi connectivity index (χ3n) is 19.0. The van der Waals surface area contributed by atoms with Gasteiger partial charge in [-0.1, -0.05) is 137 Å². The molecule has 1 fully saturated rings. The van der Waals surface area contributed by atoms with E-state index in [2.05, 4.69) is 55.1 Å². The minimum absolute atomic E-state index is 0.0587. The molecule has 1 rings (SSSR count). The van der Waals surface area contributed by atoms with E-state index < -0.39 is 164 Å². The summed E-state index contributed by atoms with van der Waals surface area (Å²) in [4.78, 5) is 174. The first-order valence-electron chi connectivity index (χ1n) is 34.5. The Labute approximate surface area is 567 Å². The highest BCUT2D eigenvalue weighted by Crippen LogP contribution is 2.40. The van der Waals surface area contributed by atoms with E-state index >= 15 is 28.8 Å². The summed E-state index contributed by atoms with van der Waals surface area (Å²) in [5.41, 5.74) is 0. The molecule has 1 aliphatic rings. The van der Waals surface area contributed by atoms with E-state index in [1.165, 1.54) is 97.5 Å². The lowest BCUT2D eigenvalue weighted by atomic mass is 9.91. The molecule has 1 aliphatic heterocycles. The average Bonchev–Trinajstić information content (AvgIpc) is 0.816. The number of nitrogens with zero attached hydrogens (tertiary/aromatic N) is 7. The first-order valence-corrected chi connectivity index (χ1v) is 37.4. The Balaban J connectivity index is 4.65. The Hall–Kier alpha value is -5.91. The van der Waals surface area contributed by atoms with Crippen molar-refractivity contribution in [3.05, 3.63) is 12.2 Å². The van der Waals surface area contributed by atoms with Crippen LogP contribution in [0, 0.1) is 41.4 Å². The maximum Gasteiger partial charge on any atom is 0.246 e. The van der Waals surface area contributed by atoms with Crippen molar-refractivity contribution in [1.29, 1.82) is 0 Å². The standard InChI is InChI=1S/C70H129N11O12Si/c1-31-34-35-46(16)58(93-94(29,30)70(19,20)21)57-62(85)73-49(32-2)64(87)75(22)50(33-3)65(88)76(23)52(37-41(6)7)61(84)74-55(44(12)13)68(91)77(24)51(36-40(4)5)60(83)71-47(17)59(82)72-48(18)63(86)78(25)53(38-42(8)9)66(89)79(26)54(39-43(10)11)67(90)80(27)56(45(14)15)69(92)81(57)28/h31,34,40-58H,32-33,35-39H2,1-30H3,(H,71,83)(H,72,82)(H,73,85)(H,74,84)/b34-31+/t46-,47-,48-,49-,50-,51-,52+,53-,54-,55?,56-,57-,58+/m1/s1. The second kappa shape index (κ2) is 37.6. The van der Waals surface area contributed by atoms with Crippen LogP contribution < -0.4 is 21.3 Å². The van der Waals surface area contributed by atoms with Crippen LogP contribution in [0.1, 0.15) is 190 Å². The van der Waals surface area contributed by atoms with Crippen molar-refractivity contribution in [2.45, 2.75) is 281 Å². The highest BCUT2D eigenvalue weighted by atomic mass is 28.4. The molecule has 0 saturated carbocycles. The van der Waals surface area contributed by atoms with Crippen LogP contribution in [0.15, 0.2) is 12.2 Å². The number of likely N-dealkylation sites (N-methyl/N-ethyl adjacent to an activating group) is 7. The van der Waals surface area contributed by atoms with Gasteiger partial charge >= 0.3 is 0 Å². The normalized spacial score (nSPS) is 26.7. The van der Waals surface area contributed by atoms with E-state index in [1.54, 1.807) is 41.5 Å². The first-order chi connectivity index (χ1) is 43.1. The average molecular weight is 1340 g/mol. The summed E-state index contributed by atoms with van der Waals surface area (Å²) in [6.07, 6.45) is 4.15. The topological polar surface area (TPSA) is 268 Å². The SMILES string of the molecule is C/C=C/C[C@@H](C)[C@H](O[Si](C)(C)C(C)(C)C)[C@@H]1C(=O)N[C@H](CC)C(=O)N(C)[C@H](CC)C(=O)N(C)[C@@H](CC(C)C)C(=O)NC(C(C)C)C(=O)N(C)[C@H](CC(C)C)C(=O)N[C@H](C)C(=O)N[C@H](C)C(=O)N(C)[C@H](CC(C)C)C(=O)N(C)[C@H](CC(C)C)C(=O)N(C)[C@H](C(C)C)C(=O)N1C. The van der Waals surface area contributed by atoms with Gasteiger partial charge in [-0.05, 0) is 125 Å². The largest absolute Gasteiger partial charge is 0.411 e. The summed E-state index contributed by atoms with van der Waals surface area (Å²) in [7, 11) is 7.56. The molecule has 23 nitrogen and oxygen atoms in total. The molecule has 4 N–H and O–H groups in total. The van der Waals surface area contributed by atoms with Crippen molar-refractivity contribution in [3.8, 4) is 0 Å². The number of carbonyl (C=O) groups is 11. The van der Waals surface area contributed by atoms with Crippen molar-refractivity contribution in [2.24, 2.45) is 41.4 Å². The summed E-state index contributed by atoms with van der Waals surface area (Å²) < 4.78 is 7.29. The van der Waals surface area contributed by atoms with Gasteiger partial charge in [0.1, 0.15) is 66.5 Å². The number of rotatable bonds is 18. The van der Waals surface area contributed by atoms with Crippen LogP contribution in [-0.2, 0) is 57.2 Å². The molecule has 94 heavy (non-hydrogen) atoms. The minimum atomic E-state index is -2.82. The highest BCUT2D eigenvalue weighted by Gasteiger charge is 2.50. The monoisotopic (exact) mass is 1340 g/mol. The van der Waals surface area contributed by atoms with Gasteiger partial charge in [0.25, 0.3) is 0 Å². The quantitative estimate of drug-likeness (QED) is 0.0793. The summed E-state index contributed by atoms with van der Waals surface area (Å²) in [6.45, 7) is 42.7. The first kappa shape index (κ1) is 86.1. The predicted molar refractivity (Wildman–Crippen MR) is 374 cm³/mol. The number of nitrogens with one attached hydrogen (secondary N) is 4. The number of allylic oxidation sites excluding steroid dienone is 2. The van der Waals surface area contributed by atoms with Crippen molar-refractivity contribution in [1.82, 2.24) is 55.6 Å². The molecule has 0 aromatic rings. The second-order valence-corrected chi connectivity index (χ2v) is 35.3. The van der Waals surface area contributed by atoms with Gasteiger partial charge in [0, 0.05) is 49.3 Å². The molecule has 0 bridgehead atoms. The second-order valence-electron chi connectivity index (χ2n) is 30.6. The lowest BCUT2D eigenvalue weighted by molar-refractivity contribution is -0.157. The maximum absolute atomic E-state index is 15.8. The van der Waals surface area contributed by atoms with Crippen LogP contribution in [0.3, 0.4) is 0 Å². The lowest BCUT2D eigenvalue weighted by Crippen LogP contribution is -2.65. The molecule has 13 atom stereocenters. The fourth-order valence-electron chi connectivity index (χ4n) is 11.9. The summed E-state index contributed by atoms with van der Waals surface area (Å²) in [5, 5.41) is 11.0. The Kier molecular flexibility index (Phi) is 34.4. The van der Waals surface area contributed by atoms with E-state index in [1.807, 2.05) is 81.4 Å². The fraction of sp³-hybridized carbons (Fsp3) is 0.814. The van der Waals surface area contributed by atoms with Crippen LogP contribution in [0.2, 0.25) is 18.1 Å². The molecule has 24 heteroatoms. The molecule has 0 aromatic heterocycles. The third kappa shape index (κ3) is 23.1. The van der Waals surface area contributed by atoms with Gasteiger partial charge in [-0.2, -0.15) is 0 Å². The zero-order chi connectivity index (χ0) is 73.3. The molecule has 0 radical (unpaired) electrons. The van der Waals surface area contributed by atoms with Crippen molar-refractivity contribution in [3.63, 3.8) is 0 Å². The van der Waals surface area contributed by atoms with Gasteiger partial charge in [-0.15, -0.1) is 0 Å². The van der Waals surface area contributed by atoms with Crippen LogP contribution in [0.5, 0.6) is 0 Å². The summed E-state index contributed by atoms with van der Waals surface area (Å²) in [5.74, 6) is -8.95. The molecular formula is C70H129N11O12Si. The van der Waals surface area contributed by atoms with E-state index in [0.717, 1.165) is 0 Å². The zero-order valence-corrected chi connectivity index (χ0v) is 64.6. The molecule has 0 aromatic carbocycles.